The van der Waals surface area contributed by atoms with E-state index in [2.05, 4.69) is 22.4 Å². The molecule has 17 heavy (non-hydrogen) atoms. The van der Waals surface area contributed by atoms with Crippen molar-refractivity contribution in [3.63, 3.8) is 0 Å². The van der Waals surface area contributed by atoms with Gasteiger partial charge in [0.25, 0.3) is 5.91 Å². The number of nitrogens with zero attached hydrogens (tertiary/aromatic N) is 2. The summed E-state index contributed by atoms with van der Waals surface area (Å²) >= 11 is 0. The molecule has 1 rings (SSSR count). The first kappa shape index (κ1) is 13.6. The maximum absolute atomic E-state index is 11.7. The Balaban J connectivity index is 2.41. The van der Waals surface area contributed by atoms with Gasteiger partial charge in [-0.3, -0.25) is 4.79 Å². The first-order valence-electron chi connectivity index (χ1n) is 5.93. The molecule has 0 fully saturated rings. The van der Waals surface area contributed by atoms with E-state index in [1.54, 1.807) is 6.07 Å². The van der Waals surface area contributed by atoms with Crippen LogP contribution in [0.1, 0.15) is 36.5 Å². The molecule has 1 aromatic heterocycles. The van der Waals surface area contributed by atoms with E-state index in [1.165, 1.54) is 12.4 Å². The summed E-state index contributed by atoms with van der Waals surface area (Å²) in [6.45, 7) is 2.85. The smallest absolute Gasteiger partial charge is 0.252 e. The Bertz CT molecular complexity index is 324. The molecule has 0 saturated heterocycles. The number of aromatic nitrogens is 2. The molecule has 0 radical (unpaired) electrons. The van der Waals surface area contributed by atoms with Crippen LogP contribution in [0, 0.1) is 5.92 Å². The van der Waals surface area contributed by atoms with Crippen molar-refractivity contribution in [1.29, 1.82) is 0 Å². The minimum Gasteiger partial charge on any atom is -0.396 e. The van der Waals surface area contributed by atoms with Crippen LogP contribution in [0.2, 0.25) is 0 Å². The third-order valence-electron chi connectivity index (χ3n) is 2.63. The van der Waals surface area contributed by atoms with Crippen LogP contribution in [0.15, 0.2) is 18.5 Å². The highest BCUT2D eigenvalue weighted by molar-refractivity contribution is 5.93. The molecule has 0 aromatic carbocycles. The lowest BCUT2D eigenvalue weighted by molar-refractivity contribution is 0.0942. The van der Waals surface area contributed by atoms with E-state index in [1.807, 2.05) is 0 Å². The van der Waals surface area contributed by atoms with Crippen molar-refractivity contribution in [2.75, 3.05) is 13.2 Å². The Morgan fingerprint density at radius 2 is 2.29 bits per heavy atom. The summed E-state index contributed by atoms with van der Waals surface area (Å²) in [7, 11) is 0. The van der Waals surface area contributed by atoms with Crippen LogP contribution < -0.4 is 5.32 Å². The number of carbonyl (C=O) groups is 1. The average molecular weight is 237 g/mol. The Morgan fingerprint density at radius 1 is 1.47 bits per heavy atom. The van der Waals surface area contributed by atoms with Gasteiger partial charge in [0.05, 0.1) is 18.0 Å². The quantitative estimate of drug-likeness (QED) is 0.742. The third-order valence-corrected chi connectivity index (χ3v) is 2.63. The van der Waals surface area contributed by atoms with Crippen LogP contribution >= 0.6 is 0 Å². The molecule has 1 amide bonds. The van der Waals surface area contributed by atoms with Crippen LogP contribution in [0.5, 0.6) is 0 Å². The minimum atomic E-state index is -0.140. The molecule has 2 N–H and O–H groups in total. The fraction of sp³-hybridized carbons (Fsp3) is 0.583. The number of carbonyl (C=O) groups excluding carboxylic acids is 1. The maximum atomic E-state index is 11.7. The van der Waals surface area contributed by atoms with Gasteiger partial charge in [0.1, 0.15) is 0 Å². The SMILES string of the molecule is CCCC(CCO)CNC(=O)c1ccnnc1. The summed E-state index contributed by atoms with van der Waals surface area (Å²) in [6.07, 6.45) is 5.72. The van der Waals surface area contributed by atoms with Gasteiger partial charge in [-0.15, -0.1) is 0 Å². The van der Waals surface area contributed by atoms with E-state index in [0.717, 1.165) is 19.3 Å². The summed E-state index contributed by atoms with van der Waals surface area (Å²) in [4.78, 5) is 11.7. The van der Waals surface area contributed by atoms with E-state index < -0.39 is 0 Å². The van der Waals surface area contributed by atoms with Crippen molar-refractivity contribution in [3.8, 4) is 0 Å². The second-order valence-corrected chi connectivity index (χ2v) is 4.01. The van der Waals surface area contributed by atoms with E-state index in [0.29, 0.717) is 18.0 Å². The maximum Gasteiger partial charge on any atom is 0.252 e. The summed E-state index contributed by atoms with van der Waals surface area (Å²) < 4.78 is 0. The van der Waals surface area contributed by atoms with Crippen LogP contribution in [0.25, 0.3) is 0 Å². The zero-order chi connectivity index (χ0) is 12.5. The lowest BCUT2D eigenvalue weighted by Crippen LogP contribution is -2.29. The molecule has 0 bridgehead atoms. The molecule has 1 heterocycles. The van der Waals surface area contributed by atoms with Gasteiger partial charge in [-0.2, -0.15) is 10.2 Å². The van der Waals surface area contributed by atoms with Crippen LogP contribution in [-0.2, 0) is 0 Å². The number of amides is 1. The second kappa shape index (κ2) is 7.73. The fourth-order valence-electron chi connectivity index (χ4n) is 1.70. The van der Waals surface area contributed by atoms with Gasteiger partial charge in [0.2, 0.25) is 0 Å². The highest BCUT2D eigenvalue weighted by Gasteiger charge is 2.10. The van der Waals surface area contributed by atoms with Crippen LogP contribution in [0.4, 0.5) is 0 Å². The van der Waals surface area contributed by atoms with Crippen LogP contribution in [0.3, 0.4) is 0 Å². The second-order valence-electron chi connectivity index (χ2n) is 4.01. The van der Waals surface area contributed by atoms with Crippen molar-refractivity contribution in [2.24, 2.45) is 5.92 Å². The molecule has 0 saturated carbocycles. The molecule has 5 nitrogen and oxygen atoms in total. The highest BCUT2D eigenvalue weighted by atomic mass is 16.3. The number of hydrogen-bond acceptors (Lipinski definition) is 4. The molecule has 94 valence electrons. The predicted octanol–water partition coefficient (Wildman–Crippen LogP) is 1.01. The first-order chi connectivity index (χ1) is 8.27. The Labute approximate surface area is 101 Å². The van der Waals surface area contributed by atoms with Crippen molar-refractivity contribution >= 4 is 5.91 Å². The molecule has 0 aliphatic carbocycles. The molecule has 1 atom stereocenters. The molecule has 1 aromatic rings. The van der Waals surface area contributed by atoms with E-state index in [4.69, 9.17) is 5.11 Å². The topological polar surface area (TPSA) is 75.1 Å². The zero-order valence-corrected chi connectivity index (χ0v) is 10.1. The van der Waals surface area contributed by atoms with Crippen molar-refractivity contribution in [2.45, 2.75) is 26.2 Å². The van der Waals surface area contributed by atoms with Crippen molar-refractivity contribution < 1.29 is 9.90 Å². The molecule has 0 aliphatic heterocycles. The number of aliphatic hydroxyl groups is 1. The van der Waals surface area contributed by atoms with Crippen molar-refractivity contribution in [3.05, 3.63) is 24.0 Å². The normalized spacial score (nSPS) is 12.1. The summed E-state index contributed by atoms with van der Waals surface area (Å²) in [6, 6.07) is 1.63. The first-order valence-corrected chi connectivity index (χ1v) is 5.93. The molecular weight excluding hydrogens is 218 g/mol. The largest absolute Gasteiger partial charge is 0.396 e. The van der Waals surface area contributed by atoms with Gasteiger partial charge < -0.3 is 10.4 Å². The molecule has 5 heteroatoms. The molecule has 1 unspecified atom stereocenters. The van der Waals surface area contributed by atoms with Gasteiger partial charge in [-0.05, 0) is 24.8 Å². The third kappa shape index (κ3) is 4.91. The molecule has 0 aliphatic rings. The van der Waals surface area contributed by atoms with Crippen molar-refractivity contribution in [1.82, 2.24) is 15.5 Å². The molecular formula is C12H19N3O2. The lowest BCUT2D eigenvalue weighted by atomic mass is 10.0. The average Bonchev–Trinajstić information content (AvgIpc) is 2.37. The number of aliphatic hydroxyl groups excluding tert-OH is 1. The summed E-state index contributed by atoms with van der Waals surface area (Å²) in [5.74, 6) is 0.197. The van der Waals surface area contributed by atoms with E-state index >= 15 is 0 Å². The highest BCUT2D eigenvalue weighted by Crippen LogP contribution is 2.09. The minimum absolute atomic E-state index is 0.140. The monoisotopic (exact) mass is 237 g/mol. The lowest BCUT2D eigenvalue weighted by Gasteiger charge is -2.15. The predicted molar refractivity (Wildman–Crippen MR) is 64.5 cm³/mol. The standard InChI is InChI=1S/C12H19N3O2/c1-2-3-10(5-7-16)8-13-12(17)11-4-6-14-15-9-11/h4,6,9-10,16H,2-3,5,7-8H2,1H3,(H,13,17). The fourth-order valence-corrected chi connectivity index (χ4v) is 1.70. The Morgan fingerprint density at radius 3 is 2.88 bits per heavy atom. The van der Waals surface area contributed by atoms with E-state index in [9.17, 15) is 4.79 Å². The number of nitrogens with one attached hydrogen (secondary N) is 1. The van der Waals surface area contributed by atoms with Gasteiger partial charge in [-0.1, -0.05) is 13.3 Å². The van der Waals surface area contributed by atoms with Gasteiger partial charge in [0.15, 0.2) is 0 Å². The zero-order valence-electron chi connectivity index (χ0n) is 10.1. The van der Waals surface area contributed by atoms with E-state index in [-0.39, 0.29) is 12.5 Å². The van der Waals surface area contributed by atoms with Crippen LogP contribution in [-0.4, -0.2) is 34.4 Å². The molecule has 0 spiro atoms. The Kier molecular flexibility index (Phi) is 6.17. The van der Waals surface area contributed by atoms with Gasteiger partial charge in [0, 0.05) is 13.2 Å². The Hall–Kier alpha value is -1.49. The van der Waals surface area contributed by atoms with Gasteiger partial charge in [-0.25, -0.2) is 0 Å². The number of hydrogen-bond donors (Lipinski definition) is 2. The summed E-state index contributed by atoms with van der Waals surface area (Å²) in [5.41, 5.74) is 0.513. The van der Waals surface area contributed by atoms with Gasteiger partial charge >= 0.3 is 0 Å². The summed E-state index contributed by atoms with van der Waals surface area (Å²) in [5, 5.41) is 19.0. The number of rotatable bonds is 7.